The monoisotopic (exact) mass is 402 g/mol. The topological polar surface area (TPSA) is 61.3 Å². The molecule has 0 spiro atoms. The number of aromatic hydroxyl groups is 1. The number of fused-ring (bicyclic) bond motifs is 1. The van der Waals surface area contributed by atoms with E-state index in [-0.39, 0.29) is 5.56 Å². The van der Waals surface area contributed by atoms with Crippen LogP contribution in [0, 0.1) is 0 Å². The second-order valence-electron chi connectivity index (χ2n) is 7.33. The number of hydrogen-bond donors (Lipinski definition) is 2. The van der Waals surface area contributed by atoms with Crippen LogP contribution < -0.4 is 5.32 Å². The SMILES string of the molecule is CN1CCC[C@H]1CNc1nnc(-c2ccc(C(F)(F)F)cc2O)c2ccccc12. The highest BCUT2D eigenvalue weighted by atomic mass is 19.4. The average Bonchev–Trinajstić information content (AvgIpc) is 3.10. The third-order valence-corrected chi connectivity index (χ3v) is 5.44. The standard InChI is InChI=1S/C21H21F3N4O/c1-28-10-4-5-14(28)12-25-20-16-7-3-2-6-15(16)19(26-27-20)17-9-8-13(11-18(17)29)21(22,23)24/h2-3,6-9,11,14,29H,4-5,10,12H2,1H3,(H,25,27)/t14-/m0/s1. The number of phenols is 1. The Morgan fingerprint density at radius 2 is 1.90 bits per heavy atom. The van der Waals surface area contributed by atoms with E-state index in [4.69, 9.17) is 0 Å². The lowest BCUT2D eigenvalue weighted by atomic mass is 10.0. The molecule has 3 aromatic rings. The van der Waals surface area contributed by atoms with E-state index in [0.29, 0.717) is 29.0 Å². The van der Waals surface area contributed by atoms with Crippen molar-refractivity contribution < 1.29 is 18.3 Å². The van der Waals surface area contributed by atoms with E-state index >= 15 is 0 Å². The summed E-state index contributed by atoms with van der Waals surface area (Å²) in [6.45, 7) is 1.81. The zero-order valence-electron chi connectivity index (χ0n) is 15.9. The van der Waals surface area contributed by atoms with Crippen molar-refractivity contribution in [1.82, 2.24) is 15.1 Å². The fourth-order valence-corrected chi connectivity index (χ4v) is 3.79. The van der Waals surface area contributed by atoms with Crippen molar-refractivity contribution in [3.63, 3.8) is 0 Å². The molecule has 0 bridgehead atoms. The first-order chi connectivity index (χ1) is 13.8. The lowest BCUT2D eigenvalue weighted by molar-refractivity contribution is -0.137. The van der Waals surface area contributed by atoms with Crippen LogP contribution >= 0.6 is 0 Å². The van der Waals surface area contributed by atoms with E-state index in [0.717, 1.165) is 31.0 Å². The number of alkyl halides is 3. The van der Waals surface area contributed by atoms with Crippen LogP contribution in [0.2, 0.25) is 0 Å². The number of likely N-dealkylation sites (N-methyl/N-ethyl adjacent to an activating group) is 1. The predicted molar refractivity (Wildman–Crippen MR) is 106 cm³/mol. The maximum atomic E-state index is 12.9. The summed E-state index contributed by atoms with van der Waals surface area (Å²) in [7, 11) is 2.10. The van der Waals surface area contributed by atoms with Gasteiger partial charge < -0.3 is 15.3 Å². The fraction of sp³-hybridized carbons (Fsp3) is 0.333. The first kappa shape index (κ1) is 19.4. The molecule has 4 rings (SSSR count). The van der Waals surface area contributed by atoms with Gasteiger partial charge in [-0.05, 0) is 44.6 Å². The van der Waals surface area contributed by atoms with E-state index in [2.05, 4.69) is 27.5 Å². The molecular weight excluding hydrogens is 381 g/mol. The number of phenolic OH excluding ortho intramolecular Hbond substituents is 1. The summed E-state index contributed by atoms with van der Waals surface area (Å²) in [4.78, 5) is 2.30. The molecule has 1 atom stereocenters. The molecule has 1 fully saturated rings. The summed E-state index contributed by atoms with van der Waals surface area (Å²) in [5.74, 6) is 0.142. The third-order valence-electron chi connectivity index (χ3n) is 5.44. The number of nitrogens with zero attached hydrogens (tertiary/aromatic N) is 3. The second kappa shape index (κ2) is 7.51. The Kier molecular flexibility index (Phi) is 5.04. The number of anilines is 1. The molecule has 2 heterocycles. The van der Waals surface area contributed by atoms with Gasteiger partial charge in [0.15, 0.2) is 5.82 Å². The summed E-state index contributed by atoms with van der Waals surface area (Å²) in [6.07, 6.45) is -2.24. The normalized spacial score (nSPS) is 17.7. The number of aromatic nitrogens is 2. The molecule has 8 heteroatoms. The van der Waals surface area contributed by atoms with Gasteiger partial charge in [-0.1, -0.05) is 24.3 Å². The second-order valence-corrected chi connectivity index (χ2v) is 7.33. The van der Waals surface area contributed by atoms with Crippen molar-refractivity contribution in [2.24, 2.45) is 0 Å². The van der Waals surface area contributed by atoms with Crippen molar-refractivity contribution in [1.29, 1.82) is 0 Å². The molecule has 0 amide bonds. The van der Waals surface area contributed by atoms with Gasteiger partial charge in [0.2, 0.25) is 0 Å². The highest BCUT2D eigenvalue weighted by Crippen LogP contribution is 2.38. The van der Waals surface area contributed by atoms with Crippen LogP contribution in [0.4, 0.5) is 19.0 Å². The number of likely N-dealkylation sites (tertiary alicyclic amines) is 1. The van der Waals surface area contributed by atoms with Crippen LogP contribution in [0.5, 0.6) is 5.75 Å². The molecule has 0 unspecified atom stereocenters. The van der Waals surface area contributed by atoms with Crippen molar-refractivity contribution in [2.75, 3.05) is 25.5 Å². The van der Waals surface area contributed by atoms with Crippen LogP contribution in [0.3, 0.4) is 0 Å². The van der Waals surface area contributed by atoms with Crippen molar-refractivity contribution in [2.45, 2.75) is 25.1 Å². The highest BCUT2D eigenvalue weighted by molar-refractivity contribution is 6.00. The van der Waals surface area contributed by atoms with Crippen molar-refractivity contribution in [3.8, 4) is 17.0 Å². The Morgan fingerprint density at radius 3 is 2.55 bits per heavy atom. The van der Waals surface area contributed by atoms with Gasteiger partial charge in [0.05, 0.1) is 5.56 Å². The van der Waals surface area contributed by atoms with Gasteiger partial charge in [-0.15, -0.1) is 10.2 Å². The number of halogens is 3. The quantitative estimate of drug-likeness (QED) is 0.672. The van der Waals surface area contributed by atoms with Gasteiger partial charge in [0.25, 0.3) is 0 Å². The maximum Gasteiger partial charge on any atom is 0.416 e. The molecule has 2 N–H and O–H groups in total. The molecule has 1 aliphatic heterocycles. The number of benzene rings is 2. The summed E-state index contributed by atoms with van der Waals surface area (Å²) in [5, 5.41) is 23.6. The first-order valence-electron chi connectivity index (χ1n) is 9.44. The number of nitrogens with one attached hydrogen (secondary N) is 1. The highest BCUT2D eigenvalue weighted by Gasteiger charge is 2.31. The van der Waals surface area contributed by atoms with E-state index in [1.807, 2.05) is 24.3 Å². The van der Waals surface area contributed by atoms with Gasteiger partial charge in [-0.2, -0.15) is 13.2 Å². The van der Waals surface area contributed by atoms with E-state index in [1.165, 1.54) is 12.5 Å². The Morgan fingerprint density at radius 1 is 1.14 bits per heavy atom. The van der Waals surface area contributed by atoms with Crippen LogP contribution in [0.15, 0.2) is 42.5 Å². The van der Waals surface area contributed by atoms with Crippen molar-refractivity contribution in [3.05, 3.63) is 48.0 Å². The Balaban J connectivity index is 1.70. The molecule has 1 aromatic heterocycles. The third kappa shape index (κ3) is 3.85. The van der Waals surface area contributed by atoms with E-state index in [9.17, 15) is 18.3 Å². The fourth-order valence-electron chi connectivity index (χ4n) is 3.79. The van der Waals surface area contributed by atoms with Gasteiger partial charge in [-0.3, -0.25) is 0 Å². The van der Waals surface area contributed by atoms with E-state index < -0.39 is 17.5 Å². The largest absolute Gasteiger partial charge is 0.507 e. The molecule has 1 saturated heterocycles. The lowest BCUT2D eigenvalue weighted by Gasteiger charge is -2.20. The summed E-state index contributed by atoms with van der Waals surface area (Å²) in [6, 6.07) is 10.7. The van der Waals surface area contributed by atoms with Crippen LogP contribution in [-0.2, 0) is 6.18 Å². The summed E-state index contributed by atoms with van der Waals surface area (Å²) < 4.78 is 38.7. The molecule has 5 nitrogen and oxygen atoms in total. The Hall–Kier alpha value is -2.87. The van der Waals surface area contributed by atoms with Gasteiger partial charge in [0, 0.05) is 28.9 Å². The minimum atomic E-state index is -4.52. The lowest BCUT2D eigenvalue weighted by Crippen LogP contribution is -2.31. The number of hydrogen-bond acceptors (Lipinski definition) is 5. The molecule has 2 aromatic carbocycles. The average molecular weight is 402 g/mol. The van der Waals surface area contributed by atoms with Crippen LogP contribution in [0.1, 0.15) is 18.4 Å². The predicted octanol–water partition coefficient (Wildman–Crippen LogP) is 4.53. The zero-order valence-corrected chi connectivity index (χ0v) is 15.9. The molecule has 0 aliphatic carbocycles. The van der Waals surface area contributed by atoms with Gasteiger partial charge >= 0.3 is 6.18 Å². The minimum Gasteiger partial charge on any atom is -0.507 e. The van der Waals surface area contributed by atoms with E-state index in [1.54, 1.807) is 0 Å². The van der Waals surface area contributed by atoms with Gasteiger partial charge in [-0.25, -0.2) is 0 Å². The van der Waals surface area contributed by atoms with Gasteiger partial charge in [0.1, 0.15) is 11.4 Å². The van der Waals surface area contributed by atoms with Crippen LogP contribution in [-0.4, -0.2) is 46.4 Å². The Labute approximate surface area is 166 Å². The molecule has 1 aliphatic rings. The molecule has 0 saturated carbocycles. The smallest absolute Gasteiger partial charge is 0.416 e. The van der Waals surface area contributed by atoms with Crippen LogP contribution in [0.25, 0.3) is 22.0 Å². The molecule has 152 valence electrons. The van der Waals surface area contributed by atoms with Crippen molar-refractivity contribution >= 4 is 16.6 Å². The number of rotatable bonds is 4. The summed E-state index contributed by atoms with van der Waals surface area (Å²) in [5.41, 5.74) is -0.353. The molecule has 0 radical (unpaired) electrons. The summed E-state index contributed by atoms with van der Waals surface area (Å²) >= 11 is 0. The Bertz CT molecular complexity index is 1040. The molecular formula is C21H21F3N4O. The maximum absolute atomic E-state index is 12.9. The minimum absolute atomic E-state index is 0.212. The zero-order chi connectivity index (χ0) is 20.6. The molecule has 29 heavy (non-hydrogen) atoms. The first-order valence-corrected chi connectivity index (χ1v) is 9.44.